The van der Waals surface area contributed by atoms with E-state index >= 15 is 0 Å². The number of rotatable bonds is 2. The van der Waals surface area contributed by atoms with Crippen LogP contribution in [-0.4, -0.2) is 30.3 Å². The Morgan fingerprint density at radius 1 is 1.64 bits per heavy atom. The van der Waals surface area contributed by atoms with Gasteiger partial charge in [-0.3, -0.25) is 0 Å². The van der Waals surface area contributed by atoms with Crippen molar-refractivity contribution >= 4 is 17.6 Å². The smallest absolute Gasteiger partial charge is 0.338 e. The Balaban J connectivity index is 2.02. The molecule has 4 nitrogen and oxygen atoms in total. The Labute approximate surface area is 85.8 Å². The number of ether oxygens (including phenoxy) is 2. The van der Waals surface area contributed by atoms with Gasteiger partial charge < -0.3 is 9.47 Å². The molecule has 1 aliphatic rings. The van der Waals surface area contributed by atoms with Crippen molar-refractivity contribution in [3.63, 3.8) is 0 Å². The number of aromatic nitrogens is 1. The maximum absolute atomic E-state index is 11.4. The van der Waals surface area contributed by atoms with Crippen LogP contribution in [0, 0.1) is 0 Å². The third-order valence-corrected chi connectivity index (χ3v) is 2.05. The molecule has 1 fully saturated rings. The van der Waals surface area contributed by atoms with Crippen LogP contribution >= 0.6 is 11.6 Å². The number of esters is 1. The average Bonchev–Trinajstić information content (AvgIpc) is 2.11. The van der Waals surface area contributed by atoms with Crippen LogP contribution < -0.4 is 0 Å². The van der Waals surface area contributed by atoms with Crippen LogP contribution in [0.1, 0.15) is 10.4 Å². The molecular weight excluding hydrogens is 206 g/mol. The summed E-state index contributed by atoms with van der Waals surface area (Å²) < 4.78 is 9.96. The van der Waals surface area contributed by atoms with E-state index in [0.717, 1.165) is 0 Å². The Morgan fingerprint density at radius 2 is 2.43 bits per heavy atom. The van der Waals surface area contributed by atoms with Crippen molar-refractivity contribution in [2.45, 2.75) is 6.10 Å². The first kappa shape index (κ1) is 9.43. The van der Waals surface area contributed by atoms with Crippen molar-refractivity contribution in [1.82, 2.24) is 4.98 Å². The molecule has 0 radical (unpaired) electrons. The number of carbonyl (C=O) groups excluding carboxylic acids is 1. The molecule has 0 spiro atoms. The van der Waals surface area contributed by atoms with Gasteiger partial charge in [0.25, 0.3) is 0 Å². The Morgan fingerprint density at radius 3 is 3.00 bits per heavy atom. The summed E-state index contributed by atoms with van der Waals surface area (Å²) in [5.74, 6) is -0.386. The zero-order valence-electron chi connectivity index (χ0n) is 7.27. The highest BCUT2D eigenvalue weighted by Gasteiger charge is 2.23. The van der Waals surface area contributed by atoms with Gasteiger partial charge in [0, 0.05) is 6.20 Å². The van der Waals surface area contributed by atoms with E-state index < -0.39 is 0 Å². The molecule has 1 aromatic heterocycles. The third kappa shape index (κ3) is 2.02. The summed E-state index contributed by atoms with van der Waals surface area (Å²) in [6, 6.07) is 3.04. The summed E-state index contributed by atoms with van der Waals surface area (Å²) in [5, 5.41) is 0.282. The standard InChI is InChI=1S/C9H8ClNO3/c10-8-3-6(1-2-11-8)9(12)14-7-4-13-5-7/h1-3,7H,4-5H2. The quantitative estimate of drug-likeness (QED) is 0.549. The molecule has 14 heavy (non-hydrogen) atoms. The highest BCUT2D eigenvalue weighted by atomic mass is 35.5. The molecule has 0 N–H and O–H groups in total. The number of nitrogens with zero attached hydrogens (tertiary/aromatic N) is 1. The van der Waals surface area contributed by atoms with E-state index in [1.165, 1.54) is 12.3 Å². The fraction of sp³-hybridized carbons (Fsp3) is 0.333. The lowest BCUT2D eigenvalue weighted by atomic mass is 10.2. The van der Waals surface area contributed by atoms with Crippen LogP contribution in [0.15, 0.2) is 18.3 Å². The van der Waals surface area contributed by atoms with Crippen molar-refractivity contribution in [3.8, 4) is 0 Å². The second kappa shape index (κ2) is 3.94. The molecule has 0 saturated carbocycles. The van der Waals surface area contributed by atoms with Crippen molar-refractivity contribution in [1.29, 1.82) is 0 Å². The zero-order chi connectivity index (χ0) is 9.97. The number of carbonyl (C=O) groups is 1. The van der Waals surface area contributed by atoms with E-state index in [9.17, 15) is 4.79 Å². The van der Waals surface area contributed by atoms with Gasteiger partial charge in [-0.1, -0.05) is 11.6 Å². The van der Waals surface area contributed by atoms with Gasteiger partial charge in [-0.05, 0) is 12.1 Å². The van der Waals surface area contributed by atoms with Crippen molar-refractivity contribution < 1.29 is 14.3 Å². The van der Waals surface area contributed by atoms with E-state index in [0.29, 0.717) is 18.8 Å². The van der Waals surface area contributed by atoms with E-state index in [1.54, 1.807) is 6.07 Å². The minimum atomic E-state index is -0.386. The van der Waals surface area contributed by atoms with E-state index in [1.807, 2.05) is 0 Å². The molecular formula is C9H8ClNO3. The number of hydrogen-bond donors (Lipinski definition) is 0. The monoisotopic (exact) mass is 213 g/mol. The fourth-order valence-electron chi connectivity index (χ4n) is 1.03. The Hall–Kier alpha value is -1.13. The summed E-state index contributed by atoms with van der Waals surface area (Å²) in [6.07, 6.45) is 1.35. The summed E-state index contributed by atoms with van der Waals surface area (Å²) in [6.45, 7) is 0.953. The normalized spacial score (nSPS) is 16.1. The van der Waals surface area contributed by atoms with E-state index in [-0.39, 0.29) is 17.2 Å². The van der Waals surface area contributed by atoms with Crippen LogP contribution in [0.3, 0.4) is 0 Å². The molecule has 5 heteroatoms. The molecule has 0 atom stereocenters. The lowest BCUT2D eigenvalue weighted by Crippen LogP contribution is -2.37. The van der Waals surface area contributed by atoms with Crippen LogP contribution in [0.25, 0.3) is 0 Å². The van der Waals surface area contributed by atoms with Crippen LogP contribution in [0.4, 0.5) is 0 Å². The largest absolute Gasteiger partial charge is 0.454 e. The van der Waals surface area contributed by atoms with E-state index in [2.05, 4.69) is 4.98 Å². The van der Waals surface area contributed by atoms with Crippen LogP contribution in [0.5, 0.6) is 0 Å². The SMILES string of the molecule is O=C(OC1COC1)c1ccnc(Cl)c1. The predicted molar refractivity (Wildman–Crippen MR) is 49.3 cm³/mol. The number of halogens is 1. The Kier molecular flexibility index (Phi) is 2.65. The van der Waals surface area contributed by atoms with Gasteiger partial charge in [0.1, 0.15) is 11.3 Å². The first-order chi connectivity index (χ1) is 6.75. The molecule has 0 aromatic carbocycles. The van der Waals surface area contributed by atoms with Gasteiger partial charge in [-0.25, -0.2) is 9.78 Å². The predicted octanol–water partition coefficient (Wildman–Crippen LogP) is 1.29. The van der Waals surface area contributed by atoms with Crippen molar-refractivity contribution in [2.24, 2.45) is 0 Å². The lowest BCUT2D eigenvalue weighted by Gasteiger charge is -2.25. The molecule has 0 bridgehead atoms. The molecule has 1 saturated heterocycles. The summed E-state index contributed by atoms with van der Waals surface area (Å²) in [4.78, 5) is 15.2. The second-order valence-corrected chi connectivity index (χ2v) is 3.32. The van der Waals surface area contributed by atoms with Gasteiger partial charge >= 0.3 is 5.97 Å². The van der Waals surface area contributed by atoms with Gasteiger partial charge in [-0.2, -0.15) is 0 Å². The van der Waals surface area contributed by atoms with E-state index in [4.69, 9.17) is 21.1 Å². The first-order valence-electron chi connectivity index (χ1n) is 4.16. The van der Waals surface area contributed by atoms with Crippen molar-refractivity contribution in [2.75, 3.05) is 13.2 Å². The average molecular weight is 214 g/mol. The van der Waals surface area contributed by atoms with Gasteiger partial charge in [0.15, 0.2) is 0 Å². The molecule has 74 valence electrons. The molecule has 2 heterocycles. The summed E-state index contributed by atoms with van der Waals surface area (Å²) in [7, 11) is 0. The molecule has 0 amide bonds. The second-order valence-electron chi connectivity index (χ2n) is 2.93. The molecule has 0 unspecified atom stereocenters. The minimum Gasteiger partial charge on any atom is -0.454 e. The zero-order valence-corrected chi connectivity index (χ0v) is 8.03. The van der Waals surface area contributed by atoms with Gasteiger partial charge in [0.05, 0.1) is 18.8 Å². The van der Waals surface area contributed by atoms with Crippen molar-refractivity contribution in [3.05, 3.63) is 29.0 Å². The maximum Gasteiger partial charge on any atom is 0.338 e. The third-order valence-electron chi connectivity index (χ3n) is 1.84. The minimum absolute atomic E-state index is 0.116. The molecule has 0 aliphatic carbocycles. The fourth-order valence-corrected chi connectivity index (χ4v) is 1.20. The number of hydrogen-bond acceptors (Lipinski definition) is 4. The maximum atomic E-state index is 11.4. The van der Waals surface area contributed by atoms with Gasteiger partial charge in [-0.15, -0.1) is 0 Å². The number of pyridine rings is 1. The Bertz CT molecular complexity index is 352. The summed E-state index contributed by atoms with van der Waals surface area (Å²) in [5.41, 5.74) is 0.414. The van der Waals surface area contributed by atoms with Gasteiger partial charge in [0.2, 0.25) is 0 Å². The molecule has 1 aromatic rings. The topological polar surface area (TPSA) is 48.4 Å². The highest BCUT2D eigenvalue weighted by Crippen LogP contribution is 2.12. The highest BCUT2D eigenvalue weighted by molar-refractivity contribution is 6.29. The van der Waals surface area contributed by atoms with Crippen LogP contribution in [-0.2, 0) is 9.47 Å². The molecule has 2 rings (SSSR count). The first-order valence-corrected chi connectivity index (χ1v) is 4.54. The van der Waals surface area contributed by atoms with Crippen LogP contribution in [0.2, 0.25) is 5.15 Å². The lowest BCUT2D eigenvalue weighted by molar-refractivity contribution is -0.103. The molecule has 1 aliphatic heterocycles. The summed E-state index contributed by atoms with van der Waals surface area (Å²) >= 11 is 5.63.